The van der Waals surface area contributed by atoms with Crippen molar-refractivity contribution in [3.05, 3.63) is 59.2 Å². The lowest BCUT2D eigenvalue weighted by atomic mass is 10.1. The van der Waals surface area contributed by atoms with Crippen molar-refractivity contribution in [3.63, 3.8) is 0 Å². The van der Waals surface area contributed by atoms with E-state index in [2.05, 4.69) is 31.0 Å². The van der Waals surface area contributed by atoms with Crippen molar-refractivity contribution in [2.75, 3.05) is 20.3 Å². The van der Waals surface area contributed by atoms with Gasteiger partial charge < -0.3 is 20.5 Å². The molecule has 0 saturated carbocycles. The van der Waals surface area contributed by atoms with Gasteiger partial charge in [0.15, 0.2) is 18.1 Å². The first-order valence-electron chi connectivity index (χ1n) is 10.0. The predicted molar refractivity (Wildman–Crippen MR) is 117 cm³/mol. The van der Waals surface area contributed by atoms with Gasteiger partial charge in [0.05, 0.1) is 7.11 Å². The van der Waals surface area contributed by atoms with Crippen molar-refractivity contribution in [2.24, 2.45) is 5.73 Å². The summed E-state index contributed by atoms with van der Waals surface area (Å²) in [5, 5.41) is 2.91. The number of nitrogens with one attached hydrogen (secondary N) is 1. The van der Waals surface area contributed by atoms with Crippen LogP contribution in [0.15, 0.2) is 42.5 Å². The molecule has 7 heteroatoms. The molecule has 0 heterocycles. The van der Waals surface area contributed by atoms with Crippen LogP contribution in [0.1, 0.15) is 42.3 Å². The van der Waals surface area contributed by atoms with Gasteiger partial charge in [-0.3, -0.25) is 14.5 Å². The number of hydrogen-bond acceptors (Lipinski definition) is 5. The lowest BCUT2D eigenvalue weighted by Crippen LogP contribution is -2.30. The zero-order valence-electron chi connectivity index (χ0n) is 18.1. The molecule has 2 aromatic carbocycles. The molecule has 0 radical (unpaired) electrons. The highest BCUT2D eigenvalue weighted by Crippen LogP contribution is 2.28. The smallest absolute Gasteiger partial charge is 0.255 e. The second-order valence-corrected chi connectivity index (χ2v) is 7.28. The van der Waals surface area contributed by atoms with Crippen LogP contribution in [-0.2, 0) is 17.9 Å². The van der Waals surface area contributed by atoms with Gasteiger partial charge in [-0.1, -0.05) is 25.1 Å². The van der Waals surface area contributed by atoms with Crippen LogP contribution in [0.2, 0.25) is 0 Å². The molecule has 0 aliphatic rings. The molecule has 2 aromatic rings. The summed E-state index contributed by atoms with van der Waals surface area (Å²) in [6.07, 6.45) is 0. The van der Waals surface area contributed by atoms with Crippen LogP contribution in [0, 0.1) is 0 Å². The topological polar surface area (TPSA) is 93.9 Å². The molecule has 0 fully saturated rings. The molecule has 0 aliphatic carbocycles. The molecule has 0 bridgehead atoms. The van der Waals surface area contributed by atoms with E-state index in [0.29, 0.717) is 29.6 Å². The Morgan fingerprint density at radius 1 is 1.07 bits per heavy atom. The van der Waals surface area contributed by atoms with Gasteiger partial charge in [-0.25, -0.2) is 0 Å². The van der Waals surface area contributed by atoms with E-state index in [4.69, 9.17) is 15.2 Å². The Hall–Kier alpha value is -3.06. The number of methoxy groups -OCH3 is 1. The number of nitrogens with zero attached hydrogens (tertiary/aromatic N) is 1. The average Bonchev–Trinajstić information content (AvgIpc) is 2.74. The van der Waals surface area contributed by atoms with Crippen LogP contribution in [0.25, 0.3) is 0 Å². The fourth-order valence-electron chi connectivity index (χ4n) is 3.03. The first kappa shape index (κ1) is 23.2. The van der Waals surface area contributed by atoms with Gasteiger partial charge >= 0.3 is 0 Å². The minimum absolute atomic E-state index is 0.147. The SMILES string of the molecule is CCN(Cc1ccc(C(=O)NCc2ccc(OCC(N)=O)c(OC)c2)cc1)C(C)C. The minimum atomic E-state index is -0.564. The molecule has 30 heavy (non-hydrogen) atoms. The van der Waals surface area contributed by atoms with Crippen molar-refractivity contribution >= 4 is 11.8 Å². The molecule has 0 atom stereocenters. The van der Waals surface area contributed by atoms with Gasteiger partial charge in [-0.05, 0) is 55.8 Å². The first-order chi connectivity index (χ1) is 14.3. The summed E-state index contributed by atoms with van der Waals surface area (Å²) in [7, 11) is 1.51. The maximum Gasteiger partial charge on any atom is 0.255 e. The average molecular weight is 414 g/mol. The summed E-state index contributed by atoms with van der Waals surface area (Å²) >= 11 is 0. The highest BCUT2D eigenvalue weighted by Gasteiger charge is 2.11. The second-order valence-electron chi connectivity index (χ2n) is 7.28. The zero-order chi connectivity index (χ0) is 22.1. The molecule has 0 aliphatic heterocycles. The molecule has 2 rings (SSSR count). The standard InChI is InChI=1S/C23H31N3O4/c1-5-26(16(2)3)14-17-6-9-19(10-7-17)23(28)25-13-18-8-11-20(21(12-18)29-4)30-15-22(24)27/h6-12,16H,5,13-15H2,1-4H3,(H2,24,27)(H,25,28). The minimum Gasteiger partial charge on any atom is -0.493 e. The van der Waals surface area contributed by atoms with Crippen LogP contribution in [0.3, 0.4) is 0 Å². The van der Waals surface area contributed by atoms with E-state index in [1.165, 1.54) is 12.7 Å². The summed E-state index contributed by atoms with van der Waals surface area (Å²) in [6.45, 7) is 8.45. The van der Waals surface area contributed by atoms with Crippen LogP contribution in [0.5, 0.6) is 11.5 Å². The fourth-order valence-corrected chi connectivity index (χ4v) is 3.03. The number of rotatable bonds is 11. The van der Waals surface area contributed by atoms with E-state index in [1.54, 1.807) is 18.2 Å². The third-order valence-corrected chi connectivity index (χ3v) is 4.79. The Morgan fingerprint density at radius 3 is 2.30 bits per heavy atom. The number of benzene rings is 2. The number of primary amides is 1. The summed E-state index contributed by atoms with van der Waals surface area (Å²) in [5.74, 6) is 0.180. The molecule has 162 valence electrons. The van der Waals surface area contributed by atoms with E-state index in [9.17, 15) is 9.59 Å². The Kier molecular flexibility index (Phi) is 8.68. The summed E-state index contributed by atoms with van der Waals surface area (Å²) < 4.78 is 10.6. The number of carbonyl (C=O) groups is 2. The zero-order valence-corrected chi connectivity index (χ0v) is 18.1. The Labute approximate surface area is 178 Å². The summed E-state index contributed by atoms with van der Waals surface area (Å²) in [4.78, 5) is 25.7. The Morgan fingerprint density at radius 2 is 1.73 bits per heavy atom. The van der Waals surface area contributed by atoms with Crippen molar-refractivity contribution in [2.45, 2.75) is 39.9 Å². The van der Waals surface area contributed by atoms with Gasteiger partial charge in [0.25, 0.3) is 11.8 Å². The maximum absolute atomic E-state index is 12.5. The number of nitrogens with two attached hydrogens (primary N) is 1. The number of carbonyl (C=O) groups excluding carboxylic acids is 2. The van der Waals surface area contributed by atoms with Crippen molar-refractivity contribution in [3.8, 4) is 11.5 Å². The largest absolute Gasteiger partial charge is 0.493 e. The van der Waals surface area contributed by atoms with Crippen LogP contribution in [-0.4, -0.2) is 43.0 Å². The lowest BCUT2D eigenvalue weighted by molar-refractivity contribution is -0.119. The summed E-state index contributed by atoms with van der Waals surface area (Å²) in [6, 6.07) is 13.4. The molecule has 0 saturated heterocycles. The fraction of sp³-hybridized carbons (Fsp3) is 0.391. The van der Waals surface area contributed by atoms with Crippen LogP contribution < -0.4 is 20.5 Å². The van der Waals surface area contributed by atoms with Crippen molar-refractivity contribution in [1.29, 1.82) is 0 Å². The maximum atomic E-state index is 12.5. The van der Waals surface area contributed by atoms with Gasteiger partial charge in [0, 0.05) is 24.7 Å². The highest BCUT2D eigenvalue weighted by molar-refractivity contribution is 5.94. The predicted octanol–water partition coefficient (Wildman–Crippen LogP) is 2.72. The van der Waals surface area contributed by atoms with E-state index in [-0.39, 0.29) is 12.5 Å². The third-order valence-electron chi connectivity index (χ3n) is 4.79. The molecule has 0 unspecified atom stereocenters. The lowest BCUT2D eigenvalue weighted by Gasteiger charge is -2.24. The van der Waals surface area contributed by atoms with Gasteiger partial charge in [-0.2, -0.15) is 0 Å². The van der Waals surface area contributed by atoms with Crippen LogP contribution in [0.4, 0.5) is 0 Å². The first-order valence-corrected chi connectivity index (χ1v) is 10.0. The number of hydrogen-bond donors (Lipinski definition) is 2. The second kappa shape index (κ2) is 11.2. The van der Waals surface area contributed by atoms with E-state index >= 15 is 0 Å². The molecular weight excluding hydrogens is 382 g/mol. The van der Waals surface area contributed by atoms with E-state index in [1.807, 2.05) is 24.3 Å². The Bertz CT molecular complexity index is 850. The van der Waals surface area contributed by atoms with E-state index in [0.717, 1.165) is 18.7 Å². The highest BCUT2D eigenvalue weighted by atomic mass is 16.5. The normalized spacial score (nSPS) is 10.9. The van der Waals surface area contributed by atoms with Gasteiger partial charge in [0.2, 0.25) is 0 Å². The van der Waals surface area contributed by atoms with E-state index < -0.39 is 5.91 Å². The monoisotopic (exact) mass is 413 g/mol. The van der Waals surface area contributed by atoms with Crippen LogP contribution >= 0.6 is 0 Å². The molecule has 2 amide bonds. The molecular formula is C23H31N3O4. The number of amides is 2. The summed E-state index contributed by atoms with van der Waals surface area (Å²) in [5.41, 5.74) is 7.73. The van der Waals surface area contributed by atoms with Crippen molar-refractivity contribution in [1.82, 2.24) is 10.2 Å². The quantitative estimate of drug-likeness (QED) is 0.591. The molecule has 3 N–H and O–H groups in total. The number of ether oxygens (including phenoxy) is 2. The van der Waals surface area contributed by atoms with Gasteiger partial charge in [-0.15, -0.1) is 0 Å². The van der Waals surface area contributed by atoms with Crippen molar-refractivity contribution < 1.29 is 19.1 Å². The Balaban J connectivity index is 1.95. The molecule has 0 spiro atoms. The van der Waals surface area contributed by atoms with Gasteiger partial charge in [0.1, 0.15) is 0 Å². The molecule has 7 nitrogen and oxygen atoms in total. The third kappa shape index (κ3) is 6.77. The molecule has 0 aromatic heterocycles.